The van der Waals surface area contributed by atoms with E-state index in [0.29, 0.717) is 0 Å². The fourth-order valence-corrected chi connectivity index (χ4v) is 2.35. The Kier molecular flexibility index (Phi) is 4.41. The molecule has 0 aromatic carbocycles. The second-order valence-electron chi connectivity index (χ2n) is 4.05. The Morgan fingerprint density at radius 2 is 1.89 bits per heavy atom. The third-order valence-corrected chi connectivity index (χ3v) is 3.25. The van der Waals surface area contributed by atoms with E-state index < -0.39 is 35.7 Å². The molecule has 0 bridgehead atoms. The molecule has 7 heteroatoms. The molecule has 1 amide bonds. The van der Waals surface area contributed by atoms with Gasteiger partial charge in [-0.05, 0) is 0 Å². The Balaban J connectivity index is 3.01. The number of rotatable bonds is 6. The summed E-state index contributed by atoms with van der Waals surface area (Å²) in [6.07, 6.45) is -0.857. The van der Waals surface area contributed by atoms with Gasteiger partial charge in [0.05, 0.1) is 17.8 Å². The van der Waals surface area contributed by atoms with Crippen LogP contribution in [0.4, 0.5) is 0 Å². The van der Waals surface area contributed by atoms with Crippen molar-refractivity contribution in [2.75, 3.05) is 7.05 Å². The predicted molar refractivity (Wildman–Crippen MR) is 58.4 cm³/mol. The van der Waals surface area contributed by atoms with Crippen LogP contribution in [0.2, 0.25) is 0 Å². The number of carboxylic acids is 1. The summed E-state index contributed by atoms with van der Waals surface area (Å²) in [6.45, 7) is 1.72. The van der Waals surface area contributed by atoms with Crippen LogP contribution in [0.3, 0.4) is 0 Å². The highest BCUT2D eigenvalue weighted by Crippen LogP contribution is 2.44. The van der Waals surface area contributed by atoms with Gasteiger partial charge in [-0.25, -0.2) is 0 Å². The minimum atomic E-state index is -1.24. The third-order valence-electron chi connectivity index (χ3n) is 3.25. The van der Waals surface area contributed by atoms with Crippen LogP contribution >= 0.6 is 0 Å². The van der Waals surface area contributed by atoms with E-state index in [-0.39, 0.29) is 18.7 Å². The van der Waals surface area contributed by atoms with E-state index in [1.165, 1.54) is 7.05 Å². The predicted octanol–water partition coefficient (Wildman–Crippen LogP) is -0.800. The zero-order valence-corrected chi connectivity index (χ0v) is 10.1. The minimum absolute atomic E-state index is 0.133. The lowest BCUT2D eigenvalue weighted by Gasteiger charge is -2.45. The van der Waals surface area contributed by atoms with E-state index in [2.05, 4.69) is 5.32 Å². The van der Waals surface area contributed by atoms with Gasteiger partial charge in [0.15, 0.2) is 0 Å². The zero-order valence-electron chi connectivity index (χ0n) is 10.1. The lowest BCUT2D eigenvalue weighted by atomic mass is 9.59. The van der Waals surface area contributed by atoms with E-state index in [0.717, 1.165) is 0 Å². The fraction of sp³-hybridized carbons (Fsp3) is 0.636. The second-order valence-corrected chi connectivity index (χ2v) is 4.05. The maximum absolute atomic E-state index is 11.7. The van der Waals surface area contributed by atoms with Crippen LogP contribution in [0.15, 0.2) is 0 Å². The van der Waals surface area contributed by atoms with Crippen LogP contribution in [0, 0.1) is 17.8 Å². The molecular formula is C11H15NO6. The van der Waals surface area contributed by atoms with E-state index in [1.54, 1.807) is 6.92 Å². The molecule has 0 aromatic rings. The average molecular weight is 257 g/mol. The largest absolute Gasteiger partial charge is 0.481 e. The van der Waals surface area contributed by atoms with Crippen molar-refractivity contribution in [3.63, 3.8) is 0 Å². The molecule has 0 saturated heterocycles. The molecule has 1 aliphatic rings. The van der Waals surface area contributed by atoms with Gasteiger partial charge in [0, 0.05) is 13.5 Å². The number of hydrogen-bond acceptors (Lipinski definition) is 5. The zero-order chi connectivity index (χ0) is 13.9. The summed E-state index contributed by atoms with van der Waals surface area (Å²) in [4.78, 5) is 44.7. The Morgan fingerprint density at radius 1 is 1.28 bits per heavy atom. The number of hydrogen-bond donors (Lipinski definition) is 2. The van der Waals surface area contributed by atoms with Crippen LogP contribution < -0.4 is 5.32 Å². The first-order valence-corrected chi connectivity index (χ1v) is 5.55. The van der Waals surface area contributed by atoms with Gasteiger partial charge in [-0.15, -0.1) is 0 Å². The van der Waals surface area contributed by atoms with Gasteiger partial charge >= 0.3 is 5.97 Å². The molecule has 1 rings (SSSR count). The smallest absolute Gasteiger partial charge is 0.308 e. The van der Waals surface area contributed by atoms with Crippen molar-refractivity contribution in [2.24, 2.45) is 17.8 Å². The van der Waals surface area contributed by atoms with Crippen molar-refractivity contribution in [1.82, 2.24) is 5.32 Å². The molecule has 0 aliphatic heterocycles. The summed E-state index contributed by atoms with van der Waals surface area (Å²) >= 11 is 0. The first kappa shape index (κ1) is 14.1. The number of carbonyl (C=O) groups is 4. The Hall–Kier alpha value is -1.92. The quantitative estimate of drug-likeness (QED) is 0.603. The summed E-state index contributed by atoms with van der Waals surface area (Å²) in [5, 5.41) is 11.4. The topological polar surface area (TPSA) is 110 Å². The number of ether oxygens (including phenoxy) is 1. The van der Waals surface area contributed by atoms with Crippen LogP contribution in [0.25, 0.3) is 0 Å². The number of Topliss-reactive ketones (excluding diaryl/α,β-unsaturated/α-hetero) is 1. The number of amides is 1. The maximum Gasteiger partial charge on any atom is 0.308 e. The monoisotopic (exact) mass is 257 g/mol. The van der Waals surface area contributed by atoms with E-state index in [4.69, 9.17) is 9.84 Å². The van der Waals surface area contributed by atoms with Gasteiger partial charge in [-0.1, -0.05) is 6.92 Å². The standard InChI is InChI=1S/C11H15NO6/c1-3-5(14)6-7(11(16)17)8(10(15)12-2)9(6)18-4-13/h4,6-9H,3H2,1-2H3,(H,12,15)(H,16,17). The molecule has 18 heavy (non-hydrogen) atoms. The molecule has 1 aliphatic carbocycles. The molecule has 2 N–H and O–H groups in total. The highest BCUT2D eigenvalue weighted by molar-refractivity contribution is 5.95. The highest BCUT2D eigenvalue weighted by Gasteiger charge is 2.61. The first-order valence-electron chi connectivity index (χ1n) is 5.55. The number of carbonyl (C=O) groups excluding carboxylic acids is 3. The summed E-state index contributed by atoms with van der Waals surface area (Å²) in [6, 6.07) is 0. The van der Waals surface area contributed by atoms with Gasteiger partial charge in [0.1, 0.15) is 11.9 Å². The Labute approximate surface area is 103 Å². The molecular weight excluding hydrogens is 242 g/mol. The van der Waals surface area contributed by atoms with Crippen molar-refractivity contribution in [3.8, 4) is 0 Å². The van der Waals surface area contributed by atoms with Crippen molar-refractivity contribution in [1.29, 1.82) is 0 Å². The van der Waals surface area contributed by atoms with Crippen molar-refractivity contribution >= 4 is 24.1 Å². The van der Waals surface area contributed by atoms with E-state index >= 15 is 0 Å². The van der Waals surface area contributed by atoms with Crippen molar-refractivity contribution in [2.45, 2.75) is 19.4 Å². The van der Waals surface area contributed by atoms with E-state index in [9.17, 15) is 19.2 Å². The van der Waals surface area contributed by atoms with Gasteiger partial charge in [-0.2, -0.15) is 0 Å². The van der Waals surface area contributed by atoms with Crippen molar-refractivity contribution < 1.29 is 29.0 Å². The lowest BCUT2D eigenvalue weighted by molar-refractivity contribution is -0.187. The van der Waals surface area contributed by atoms with Crippen LogP contribution in [0.1, 0.15) is 13.3 Å². The summed E-state index contributed by atoms with van der Waals surface area (Å²) in [5.41, 5.74) is 0. The molecule has 0 spiro atoms. The summed E-state index contributed by atoms with van der Waals surface area (Å²) in [5.74, 6) is -5.20. The SMILES string of the molecule is CCC(=O)C1C(OC=O)C(C(=O)NC)C1C(=O)O. The van der Waals surface area contributed by atoms with Gasteiger partial charge in [0.2, 0.25) is 5.91 Å². The number of nitrogens with one attached hydrogen (secondary N) is 1. The molecule has 100 valence electrons. The summed E-state index contributed by atoms with van der Waals surface area (Å²) < 4.78 is 4.70. The van der Waals surface area contributed by atoms with Gasteiger partial charge in [0.25, 0.3) is 6.47 Å². The minimum Gasteiger partial charge on any atom is -0.481 e. The number of ketones is 1. The maximum atomic E-state index is 11.7. The normalized spacial score (nSPS) is 29.9. The molecule has 0 aromatic heterocycles. The van der Waals surface area contributed by atoms with Crippen LogP contribution in [0.5, 0.6) is 0 Å². The summed E-state index contributed by atoms with van der Waals surface area (Å²) in [7, 11) is 1.36. The fourth-order valence-electron chi connectivity index (χ4n) is 2.35. The van der Waals surface area contributed by atoms with E-state index in [1.807, 2.05) is 0 Å². The molecule has 4 unspecified atom stereocenters. The molecule has 1 fully saturated rings. The molecule has 0 radical (unpaired) electrons. The van der Waals surface area contributed by atoms with Gasteiger partial charge < -0.3 is 15.2 Å². The average Bonchev–Trinajstić information content (AvgIpc) is 2.32. The lowest BCUT2D eigenvalue weighted by Crippen LogP contribution is -2.63. The van der Waals surface area contributed by atoms with Gasteiger partial charge in [-0.3, -0.25) is 19.2 Å². The third kappa shape index (κ3) is 2.20. The first-order chi connectivity index (χ1) is 8.49. The molecule has 1 saturated carbocycles. The number of aliphatic carboxylic acids is 1. The Bertz CT molecular complexity index is 356. The highest BCUT2D eigenvalue weighted by atomic mass is 16.5. The molecule has 4 atom stereocenters. The number of carboxylic acid groups (broad SMARTS) is 1. The van der Waals surface area contributed by atoms with Crippen molar-refractivity contribution in [3.05, 3.63) is 0 Å². The van der Waals surface area contributed by atoms with Crippen LogP contribution in [-0.2, 0) is 23.9 Å². The Morgan fingerprint density at radius 3 is 2.28 bits per heavy atom. The molecule has 7 nitrogen and oxygen atoms in total. The second kappa shape index (κ2) is 5.61. The van der Waals surface area contributed by atoms with Crippen LogP contribution in [-0.4, -0.2) is 42.4 Å². The molecule has 0 heterocycles.